The molecule has 2 aromatic carbocycles. The van der Waals surface area contributed by atoms with Crippen LogP contribution in [0.5, 0.6) is 0 Å². The fourth-order valence-electron chi connectivity index (χ4n) is 3.41. The number of hydrogen-bond donors (Lipinski definition) is 1. The highest BCUT2D eigenvalue weighted by atomic mass is 35.5. The SMILES string of the molecule is Cc1ccc(C(=O)CCC(=O)N2CCC(NC(=O)c3ccc(Cl)cc3)CC2)cc1. The zero-order valence-corrected chi connectivity index (χ0v) is 17.2. The summed E-state index contributed by atoms with van der Waals surface area (Å²) in [6.07, 6.45) is 1.84. The van der Waals surface area contributed by atoms with Crippen molar-refractivity contribution in [3.63, 3.8) is 0 Å². The smallest absolute Gasteiger partial charge is 0.251 e. The number of ketones is 1. The highest BCUT2D eigenvalue weighted by Gasteiger charge is 2.24. The molecule has 2 aromatic rings. The molecule has 1 aliphatic rings. The second-order valence-corrected chi connectivity index (χ2v) is 7.86. The van der Waals surface area contributed by atoms with Gasteiger partial charge in [-0.2, -0.15) is 0 Å². The molecule has 1 saturated heterocycles. The van der Waals surface area contributed by atoms with Crippen LogP contribution in [0, 0.1) is 6.92 Å². The molecule has 0 bridgehead atoms. The zero-order chi connectivity index (χ0) is 20.8. The summed E-state index contributed by atoms with van der Waals surface area (Å²) in [7, 11) is 0. The van der Waals surface area contributed by atoms with Gasteiger partial charge in [0, 0.05) is 48.1 Å². The highest BCUT2D eigenvalue weighted by molar-refractivity contribution is 6.30. The van der Waals surface area contributed by atoms with Crippen LogP contribution in [-0.2, 0) is 4.79 Å². The lowest BCUT2D eigenvalue weighted by atomic mass is 10.0. The van der Waals surface area contributed by atoms with E-state index in [4.69, 9.17) is 11.6 Å². The Kier molecular flexibility index (Phi) is 7.04. The van der Waals surface area contributed by atoms with E-state index in [-0.39, 0.29) is 36.5 Å². The largest absolute Gasteiger partial charge is 0.349 e. The number of nitrogens with one attached hydrogen (secondary N) is 1. The van der Waals surface area contributed by atoms with E-state index in [9.17, 15) is 14.4 Å². The summed E-state index contributed by atoms with van der Waals surface area (Å²) in [6.45, 7) is 3.14. The third kappa shape index (κ3) is 5.91. The van der Waals surface area contributed by atoms with E-state index >= 15 is 0 Å². The van der Waals surface area contributed by atoms with Gasteiger partial charge in [-0.05, 0) is 44.0 Å². The predicted octanol–water partition coefficient (Wildman–Crippen LogP) is 4.03. The lowest BCUT2D eigenvalue weighted by Gasteiger charge is -2.32. The van der Waals surface area contributed by atoms with Crippen molar-refractivity contribution in [2.24, 2.45) is 0 Å². The van der Waals surface area contributed by atoms with Crippen molar-refractivity contribution in [3.8, 4) is 0 Å². The summed E-state index contributed by atoms with van der Waals surface area (Å²) in [5.74, 6) is -0.147. The normalized spacial score (nSPS) is 14.5. The van der Waals surface area contributed by atoms with E-state index in [1.54, 1.807) is 41.3 Å². The number of likely N-dealkylation sites (tertiary alicyclic amines) is 1. The van der Waals surface area contributed by atoms with Crippen LogP contribution in [0.2, 0.25) is 5.02 Å². The van der Waals surface area contributed by atoms with Crippen LogP contribution in [0.4, 0.5) is 0 Å². The molecule has 3 rings (SSSR count). The van der Waals surface area contributed by atoms with Crippen molar-refractivity contribution in [2.75, 3.05) is 13.1 Å². The number of carbonyl (C=O) groups excluding carboxylic acids is 3. The Bertz CT molecular complexity index is 870. The molecule has 6 heteroatoms. The van der Waals surface area contributed by atoms with Gasteiger partial charge in [-0.3, -0.25) is 14.4 Å². The standard InChI is InChI=1S/C23H25ClN2O3/c1-16-2-4-17(5-3-16)21(27)10-11-22(28)26-14-12-20(13-15-26)25-23(29)18-6-8-19(24)9-7-18/h2-9,20H,10-15H2,1H3,(H,25,29). The molecular weight excluding hydrogens is 388 g/mol. The van der Waals surface area contributed by atoms with Crippen molar-refractivity contribution in [3.05, 3.63) is 70.2 Å². The summed E-state index contributed by atoms with van der Waals surface area (Å²) in [5.41, 5.74) is 2.32. The molecule has 0 atom stereocenters. The molecule has 5 nitrogen and oxygen atoms in total. The summed E-state index contributed by atoms with van der Waals surface area (Å²) >= 11 is 5.85. The first-order valence-corrected chi connectivity index (χ1v) is 10.2. The van der Waals surface area contributed by atoms with Crippen LogP contribution in [0.25, 0.3) is 0 Å². The van der Waals surface area contributed by atoms with Crippen molar-refractivity contribution < 1.29 is 14.4 Å². The van der Waals surface area contributed by atoms with E-state index in [2.05, 4.69) is 5.32 Å². The van der Waals surface area contributed by atoms with Crippen LogP contribution >= 0.6 is 11.6 Å². The molecule has 2 amide bonds. The maximum Gasteiger partial charge on any atom is 0.251 e. The number of benzene rings is 2. The second kappa shape index (κ2) is 9.70. The van der Waals surface area contributed by atoms with Crippen LogP contribution in [0.1, 0.15) is 52.0 Å². The summed E-state index contributed by atoms with van der Waals surface area (Å²) < 4.78 is 0. The zero-order valence-electron chi connectivity index (χ0n) is 16.5. The van der Waals surface area contributed by atoms with Crippen LogP contribution in [0.15, 0.2) is 48.5 Å². The number of hydrogen-bond acceptors (Lipinski definition) is 3. The van der Waals surface area contributed by atoms with Crippen molar-refractivity contribution in [2.45, 2.75) is 38.6 Å². The molecule has 0 saturated carbocycles. The first-order valence-electron chi connectivity index (χ1n) is 9.86. The van der Waals surface area contributed by atoms with Gasteiger partial charge in [-0.1, -0.05) is 41.4 Å². The van der Waals surface area contributed by atoms with Gasteiger partial charge in [0.25, 0.3) is 5.91 Å². The first-order chi connectivity index (χ1) is 13.9. The molecule has 1 aliphatic heterocycles. The molecule has 29 heavy (non-hydrogen) atoms. The van der Waals surface area contributed by atoms with Gasteiger partial charge in [-0.25, -0.2) is 0 Å². The molecule has 0 aromatic heterocycles. The molecule has 1 N–H and O–H groups in total. The predicted molar refractivity (Wildman–Crippen MR) is 113 cm³/mol. The number of nitrogens with zero attached hydrogens (tertiary/aromatic N) is 1. The molecule has 1 fully saturated rings. The Labute approximate surface area is 176 Å². The molecular formula is C23H25ClN2O3. The lowest BCUT2D eigenvalue weighted by molar-refractivity contribution is -0.132. The number of piperidine rings is 1. The number of halogens is 1. The van der Waals surface area contributed by atoms with Gasteiger partial charge in [0.1, 0.15) is 0 Å². The van der Waals surface area contributed by atoms with E-state index in [0.29, 0.717) is 42.1 Å². The number of carbonyl (C=O) groups is 3. The minimum absolute atomic E-state index is 0.00654. The lowest BCUT2D eigenvalue weighted by Crippen LogP contribution is -2.46. The summed E-state index contributed by atoms with van der Waals surface area (Å²) in [6, 6.07) is 14.2. The summed E-state index contributed by atoms with van der Waals surface area (Å²) in [5, 5.41) is 3.61. The first kappa shape index (κ1) is 21.1. The van der Waals surface area contributed by atoms with Gasteiger partial charge in [0.2, 0.25) is 5.91 Å². The Morgan fingerprint density at radius 3 is 2.14 bits per heavy atom. The minimum Gasteiger partial charge on any atom is -0.349 e. The molecule has 152 valence electrons. The fraction of sp³-hybridized carbons (Fsp3) is 0.348. The van der Waals surface area contributed by atoms with Gasteiger partial charge in [0.15, 0.2) is 5.78 Å². The Morgan fingerprint density at radius 1 is 0.931 bits per heavy atom. The maximum atomic E-state index is 12.4. The average Bonchev–Trinajstić information content (AvgIpc) is 2.73. The van der Waals surface area contributed by atoms with E-state index in [1.807, 2.05) is 19.1 Å². The number of rotatable bonds is 6. The van der Waals surface area contributed by atoms with E-state index in [0.717, 1.165) is 5.56 Å². The van der Waals surface area contributed by atoms with Crippen molar-refractivity contribution in [1.29, 1.82) is 0 Å². The third-order valence-electron chi connectivity index (χ3n) is 5.23. The van der Waals surface area contributed by atoms with Crippen molar-refractivity contribution in [1.82, 2.24) is 10.2 Å². The second-order valence-electron chi connectivity index (χ2n) is 7.42. The third-order valence-corrected chi connectivity index (χ3v) is 5.48. The molecule has 0 aliphatic carbocycles. The molecule has 0 unspecified atom stereocenters. The average molecular weight is 413 g/mol. The molecule has 0 radical (unpaired) electrons. The van der Waals surface area contributed by atoms with Gasteiger partial charge >= 0.3 is 0 Å². The van der Waals surface area contributed by atoms with E-state index in [1.165, 1.54) is 0 Å². The van der Waals surface area contributed by atoms with Crippen LogP contribution < -0.4 is 5.32 Å². The van der Waals surface area contributed by atoms with Gasteiger partial charge in [0.05, 0.1) is 0 Å². The van der Waals surface area contributed by atoms with Crippen LogP contribution in [-0.4, -0.2) is 41.6 Å². The number of aryl methyl sites for hydroxylation is 1. The molecule has 0 spiro atoms. The Morgan fingerprint density at radius 2 is 1.52 bits per heavy atom. The number of Topliss-reactive ketones (excluding diaryl/α,β-unsaturated/α-hetero) is 1. The monoisotopic (exact) mass is 412 g/mol. The fourth-order valence-corrected chi connectivity index (χ4v) is 3.53. The van der Waals surface area contributed by atoms with Gasteiger partial charge < -0.3 is 10.2 Å². The topological polar surface area (TPSA) is 66.5 Å². The van der Waals surface area contributed by atoms with Crippen LogP contribution in [0.3, 0.4) is 0 Å². The van der Waals surface area contributed by atoms with Crippen molar-refractivity contribution >= 4 is 29.2 Å². The Balaban J connectivity index is 1.42. The Hall–Kier alpha value is -2.66. The quantitative estimate of drug-likeness (QED) is 0.728. The summed E-state index contributed by atoms with van der Waals surface area (Å²) in [4.78, 5) is 38.8. The highest BCUT2D eigenvalue weighted by Crippen LogP contribution is 2.15. The van der Waals surface area contributed by atoms with Gasteiger partial charge in [-0.15, -0.1) is 0 Å². The maximum absolute atomic E-state index is 12.4. The molecule has 1 heterocycles. The van der Waals surface area contributed by atoms with E-state index < -0.39 is 0 Å². The number of amides is 2. The minimum atomic E-state index is -0.130.